The Labute approximate surface area is 174 Å². The fraction of sp³-hybridized carbons (Fsp3) is 0.364. The van der Waals surface area contributed by atoms with E-state index in [1.54, 1.807) is 12.1 Å². The Morgan fingerprint density at radius 3 is 2.79 bits per heavy atom. The molecule has 0 spiro atoms. The van der Waals surface area contributed by atoms with Crippen molar-refractivity contribution in [2.45, 2.75) is 45.4 Å². The van der Waals surface area contributed by atoms with E-state index in [-0.39, 0.29) is 11.9 Å². The summed E-state index contributed by atoms with van der Waals surface area (Å²) in [7, 11) is 0. The van der Waals surface area contributed by atoms with Gasteiger partial charge in [-0.15, -0.1) is 11.3 Å². The van der Waals surface area contributed by atoms with Crippen LogP contribution in [0.2, 0.25) is 5.02 Å². The number of fused-ring (bicyclic) bond motifs is 1. The van der Waals surface area contributed by atoms with Gasteiger partial charge in [0.05, 0.1) is 12.2 Å². The monoisotopic (exact) mass is 417 g/mol. The van der Waals surface area contributed by atoms with E-state index < -0.39 is 0 Å². The Kier molecular flexibility index (Phi) is 7.29. The molecule has 1 aromatic carbocycles. The molecular formula is C22H24ClNO3S. The van der Waals surface area contributed by atoms with E-state index in [9.17, 15) is 9.59 Å². The quantitative estimate of drug-likeness (QED) is 0.362. The van der Waals surface area contributed by atoms with Gasteiger partial charge in [0.2, 0.25) is 5.91 Å². The summed E-state index contributed by atoms with van der Waals surface area (Å²) in [6.45, 7) is 2.34. The molecule has 0 radical (unpaired) electrons. The van der Waals surface area contributed by atoms with Crippen LogP contribution in [0.5, 0.6) is 0 Å². The third-order valence-corrected chi connectivity index (χ3v) is 6.17. The number of rotatable bonds is 6. The number of nitrogens with one attached hydrogen (secondary N) is 1. The van der Waals surface area contributed by atoms with Crippen molar-refractivity contribution in [2.24, 2.45) is 0 Å². The van der Waals surface area contributed by atoms with E-state index in [0.29, 0.717) is 22.2 Å². The topological polar surface area (TPSA) is 55.4 Å². The highest BCUT2D eigenvalue weighted by Crippen LogP contribution is 2.38. The lowest BCUT2D eigenvalue weighted by Gasteiger charge is -2.08. The number of esters is 1. The van der Waals surface area contributed by atoms with Crippen LogP contribution in [0.1, 0.15) is 59.0 Å². The summed E-state index contributed by atoms with van der Waals surface area (Å²) in [5, 5.41) is 4.05. The molecule has 0 unspecified atom stereocenters. The van der Waals surface area contributed by atoms with Crippen molar-refractivity contribution >= 4 is 45.9 Å². The first-order chi connectivity index (χ1) is 13.6. The van der Waals surface area contributed by atoms with Crippen LogP contribution in [0.3, 0.4) is 0 Å². The zero-order valence-corrected chi connectivity index (χ0v) is 17.5. The number of halogens is 1. The van der Waals surface area contributed by atoms with Crippen molar-refractivity contribution in [3.05, 3.63) is 56.9 Å². The lowest BCUT2D eigenvalue weighted by molar-refractivity contribution is -0.111. The van der Waals surface area contributed by atoms with Crippen LogP contribution in [0.25, 0.3) is 6.08 Å². The number of hydrogen-bond acceptors (Lipinski definition) is 4. The predicted octanol–water partition coefficient (Wildman–Crippen LogP) is 5.89. The molecule has 6 heteroatoms. The average Bonchev–Trinajstić information content (AvgIpc) is 2.86. The first kappa shape index (κ1) is 20.6. The van der Waals surface area contributed by atoms with E-state index >= 15 is 0 Å². The highest BCUT2D eigenvalue weighted by Gasteiger charge is 2.26. The van der Waals surface area contributed by atoms with Gasteiger partial charge in [0.15, 0.2) is 0 Å². The third-order valence-electron chi connectivity index (χ3n) is 4.62. The second-order valence-electron chi connectivity index (χ2n) is 6.75. The maximum absolute atomic E-state index is 12.7. The van der Waals surface area contributed by atoms with Gasteiger partial charge in [-0.2, -0.15) is 0 Å². The molecule has 0 bridgehead atoms. The first-order valence-electron chi connectivity index (χ1n) is 9.65. The van der Waals surface area contributed by atoms with Crippen LogP contribution in [0.4, 0.5) is 5.00 Å². The normalized spacial score (nSPS) is 13.8. The second-order valence-corrected chi connectivity index (χ2v) is 8.26. The highest BCUT2D eigenvalue weighted by atomic mass is 35.5. The molecule has 28 heavy (non-hydrogen) atoms. The van der Waals surface area contributed by atoms with Gasteiger partial charge < -0.3 is 10.1 Å². The molecule has 3 rings (SSSR count). The molecule has 1 aromatic heterocycles. The molecule has 0 fully saturated rings. The van der Waals surface area contributed by atoms with Crippen molar-refractivity contribution in [3.63, 3.8) is 0 Å². The molecule has 0 aliphatic heterocycles. The molecule has 0 saturated heterocycles. The van der Waals surface area contributed by atoms with Crippen molar-refractivity contribution in [1.29, 1.82) is 0 Å². The Morgan fingerprint density at radius 2 is 2.00 bits per heavy atom. The van der Waals surface area contributed by atoms with Gasteiger partial charge in [0.25, 0.3) is 0 Å². The van der Waals surface area contributed by atoms with Gasteiger partial charge in [-0.1, -0.05) is 43.1 Å². The molecule has 1 aliphatic carbocycles. The maximum Gasteiger partial charge on any atom is 0.341 e. The molecule has 0 saturated carbocycles. The standard InChI is InChI=1S/C22H24ClNO3S/c1-2-14-27-22(26)20-16-9-4-3-5-11-18(16)28-21(20)24-19(25)13-12-15-8-6-7-10-17(15)23/h6-8,10,12-13H,2-5,9,11,14H2,1H3,(H,24,25). The molecule has 1 N–H and O–H groups in total. The molecule has 1 aliphatic rings. The zero-order valence-electron chi connectivity index (χ0n) is 15.9. The van der Waals surface area contributed by atoms with Gasteiger partial charge in [0, 0.05) is 16.0 Å². The van der Waals surface area contributed by atoms with Crippen LogP contribution in [0, 0.1) is 0 Å². The molecule has 4 nitrogen and oxygen atoms in total. The smallest absolute Gasteiger partial charge is 0.341 e. The van der Waals surface area contributed by atoms with E-state index in [1.807, 2.05) is 25.1 Å². The number of ether oxygens (including phenoxy) is 1. The number of thiophene rings is 1. The summed E-state index contributed by atoms with van der Waals surface area (Å²) in [5.41, 5.74) is 2.35. The summed E-state index contributed by atoms with van der Waals surface area (Å²) in [4.78, 5) is 26.3. The number of amides is 1. The fourth-order valence-corrected chi connectivity index (χ4v) is 4.72. The van der Waals surface area contributed by atoms with Crippen molar-refractivity contribution < 1.29 is 14.3 Å². The second kappa shape index (κ2) is 9.89. The summed E-state index contributed by atoms with van der Waals surface area (Å²) in [6, 6.07) is 7.32. The number of hydrogen-bond donors (Lipinski definition) is 1. The van der Waals surface area contributed by atoms with Crippen LogP contribution < -0.4 is 5.32 Å². The summed E-state index contributed by atoms with van der Waals surface area (Å²) in [5.74, 6) is -0.632. The summed E-state index contributed by atoms with van der Waals surface area (Å²) >= 11 is 7.62. The molecule has 1 amide bonds. The van der Waals surface area contributed by atoms with E-state index in [0.717, 1.165) is 49.7 Å². The minimum Gasteiger partial charge on any atom is -0.462 e. The first-order valence-corrected chi connectivity index (χ1v) is 10.8. The molecule has 148 valence electrons. The minimum atomic E-state index is -0.341. The molecular weight excluding hydrogens is 394 g/mol. The fourth-order valence-electron chi connectivity index (χ4n) is 3.24. The number of aryl methyl sites for hydroxylation is 1. The van der Waals surface area contributed by atoms with Gasteiger partial charge in [-0.25, -0.2) is 4.79 Å². The molecule has 2 aromatic rings. The van der Waals surface area contributed by atoms with E-state index in [2.05, 4.69) is 5.32 Å². The SMILES string of the molecule is CCCOC(=O)c1c(NC(=O)C=Cc2ccccc2Cl)sc2c1CCCCC2. The largest absolute Gasteiger partial charge is 0.462 e. The number of carbonyl (C=O) groups is 2. The Morgan fingerprint density at radius 1 is 1.21 bits per heavy atom. The predicted molar refractivity (Wildman–Crippen MR) is 115 cm³/mol. The van der Waals surface area contributed by atoms with E-state index in [4.69, 9.17) is 16.3 Å². The van der Waals surface area contributed by atoms with Crippen molar-refractivity contribution in [1.82, 2.24) is 0 Å². The number of carbonyl (C=O) groups excluding carboxylic acids is 2. The van der Waals surface area contributed by atoms with Gasteiger partial charge in [0.1, 0.15) is 5.00 Å². The van der Waals surface area contributed by atoms with Crippen LogP contribution in [-0.4, -0.2) is 18.5 Å². The Hall–Kier alpha value is -2.11. The lowest BCUT2D eigenvalue weighted by atomic mass is 10.1. The van der Waals surface area contributed by atoms with Gasteiger partial charge in [-0.3, -0.25) is 4.79 Å². The van der Waals surface area contributed by atoms with Crippen molar-refractivity contribution in [2.75, 3.05) is 11.9 Å². The third kappa shape index (κ3) is 5.03. The van der Waals surface area contributed by atoms with Gasteiger partial charge in [-0.05, 0) is 55.4 Å². The highest BCUT2D eigenvalue weighted by molar-refractivity contribution is 7.17. The Bertz CT molecular complexity index is 888. The minimum absolute atomic E-state index is 0.291. The summed E-state index contributed by atoms with van der Waals surface area (Å²) in [6.07, 6.45) is 8.99. The molecule has 1 heterocycles. The van der Waals surface area contributed by atoms with Crippen LogP contribution in [0.15, 0.2) is 30.3 Å². The molecule has 0 atom stereocenters. The summed E-state index contributed by atoms with van der Waals surface area (Å²) < 4.78 is 5.39. The van der Waals surface area contributed by atoms with Crippen LogP contribution in [-0.2, 0) is 22.4 Å². The van der Waals surface area contributed by atoms with E-state index in [1.165, 1.54) is 22.3 Å². The van der Waals surface area contributed by atoms with Crippen LogP contribution >= 0.6 is 22.9 Å². The zero-order chi connectivity index (χ0) is 19.9. The average molecular weight is 418 g/mol. The number of benzene rings is 1. The van der Waals surface area contributed by atoms with Crippen molar-refractivity contribution in [3.8, 4) is 0 Å². The Balaban J connectivity index is 1.83. The number of anilines is 1. The lowest BCUT2D eigenvalue weighted by Crippen LogP contribution is -2.13. The van der Waals surface area contributed by atoms with Gasteiger partial charge >= 0.3 is 5.97 Å². The maximum atomic E-state index is 12.7.